The number of carbonyl (C=O) groups is 2. The van der Waals surface area contributed by atoms with Crippen LogP contribution in [-0.4, -0.2) is 37.7 Å². The van der Waals surface area contributed by atoms with Gasteiger partial charge in [-0.25, -0.2) is 0 Å². The Morgan fingerprint density at radius 2 is 0.863 bits per heavy atom. The highest BCUT2D eigenvalue weighted by Gasteiger charge is 2.28. The largest absolute Gasteiger partial charge is 0.490 e. The maximum atomic E-state index is 14.6. The molecule has 5 aromatic carbocycles. The van der Waals surface area contributed by atoms with E-state index in [-0.39, 0.29) is 17.7 Å². The van der Waals surface area contributed by atoms with Gasteiger partial charge < -0.3 is 24.8 Å². The molecule has 0 aliphatic rings. The minimum Gasteiger partial charge on any atom is -0.490 e. The smallest absolute Gasteiger partial charge is 0.252 e. The van der Waals surface area contributed by atoms with Gasteiger partial charge in [-0.05, 0) is 75.2 Å². The number of rotatable bonds is 43. The molecule has 0 spiro atoms. The number of ether oxygens (including phenoxy) is 3. The van der Waals surface area contributed by atoms with Crippen LogP contribution < -0.4 is 24.8 Å². The van der Waals surface area contributed by atoms with Crippen LogP contribution in [0.2, 0.25) is 0 Å². The van der Waals surface area contributed by atoms with Crippen LogP contribution in [0.15, 0.2) is 66.7 Å². The van der Waals surface area contributed by atoms with Crippen LogP contribution in [0.25, 0.3) is 32.3 Å². The predicted octanol–water partition coefficient (Wildman–Crippen LogP) is 18.9. The van der Waals surface area contributed by atoms with Crippen molar-refractivity contribution in [2.45, 2.75) is 246 Å². The third kappa shape index (κ3) is 20.6. The summed E-state index contributed by atoms with van der Waals surface area (Å²) in [7, 11) is 0. The van der Waals surface area contributed by atoms with Crippen LogP contribution in [0.5, 0.6) is 17.2 Å². The third-order valence-corrected chi connectivity index (χ3v) is 15.4. The maximum Gasteiger partial charge on any atom is 0.252 e. The van der Waals surface area contributed by atoms with Gasteiger partial charge in [0.05, 0.1) is 19.8 Å². The van der Waals surface area contributed by atoms with Crippen LogP contribution in [0.4, 0.5) is 0 Å². The summed E-state index contributed by atoms with van der Waals surface area (Å²) < 4.78 is 19.9. The first-order valence-corrected chi connectivity index (χ1v) is 30.2. The van der Waals surface area contributed by atoms with E-state index in [0.717, 1.165) is 55.9 Å². The van der Waals surface area contributed by atoms with Gasteiger partial charge in [0.2, 0.25) is 11.7 Å². The van der Waals surface area contributed by atoms with Crippen LogP contribution in [-0.2, 0) is 11.3 Å². The van der Waals surface area contributed by atoms with Crippen molar-refractivity contribution in [2.75, 3.05) is 19.8 Å². The molecule has 5 rings (SSSR count). The molecular weight excluding hydrogens is 901 g/mol. The Bertz CT molecular complexity index is 2210. The topological polar surface area (TPSA) is 85.9 Å². The number of nitrogens with one attached hydrogen (secondary N) is 2. The lowest BCUT2D eigenvalue weighted by atomic mass is 9.92. The molecule has 7 nitrogen and oxygen atoms in total. The average molecular weight is 1000 g/mol. The zero-order chi connectivity index (χ0) is 51.7. The summed E-state index contributed by atoms with van der Waals surface area (Å²) in [5.41, 5.74) is 1.46. The molecule has 5 aromatic rings. The molecule has 2 N–H and O–H groups in total. The summed E-state index contributed by atoms with van der Waals surface area (Å²) >= 11 is 0. The van der Waals surface area contributed by atoms with Crippen molar-refractivity contribution in [2.24, 2.45) is 5.92 Å². The Balaban J connectivity index is 1.29. The van der Waals surface area contributed by atoms with Gasteiger partial charge in [-0.3, -0.25) is 9.59 Å². The highest BCUT2D eigenvalue weighted by Crippen LogP contribution is 2.40. The molecule has 0 saturated heterocycles. The molecule has 73 heavy (non-hydrogen) atoms. The van der Waals surface area contributed by atoms with Crippen molar-refractivity contribution >= 4 is 44.1 Å². The first-order valence-electron chi connectivity index (χ1n) is 30.2. The summed E-state index contributed by atoms with van der Waals surface area (Å²) in [5.74, 6) is 1.07. The average Bonchev–Trinajstić information content (AvgIpc) is 3.41. The molecule has 0 radical (unpaired) electrons. The van der Waals surface area contributed by atoms with Crippen LogP contribution in [0, 0.1) is 5.92 Å². The van der Waals surface area contributed by atoms with Crippen LogP contribution >= 0.6 is 0 Å². The second-order valence-electron chi connectivity index (χ2n) is 21.5. The fourth-order valence-corrected chi connectivity index (χ4v) is 10.5. The Morgan fingerprint density at radius 3 is 1.32 bits per heavy atom. The molecular formula is C66H100N2O5. The summed E-state index contributed by atoms with van der Waals surface area (Å²) in [6.45, 7) is 12.9. The van der Waals surface area contributed by atoms with Crippen LogP contribution in [0.1, 0.15) is 250 Å². The van der Waals surface area contributed by atoms with Gasteiger partial charge in [0, 0.05) is 12.1 Å². The number of amides is 2. The van der Waals surface area contributed by atoms with Gasteiger partial charge in [-0.15, -0.1) is 0 Å². The van der Waals surface area contributed by atoms with E-state index in [4.69, 9.17) is 14.2 Å². The van der Waals surface area contributed by atoms with Crippen LogP contribution in [0.3, 0.4) is 0 Å². The fraction of sp³-hybridized carbons (Fsp3) is 0.636. The van der Waals surface area contributed by atoms with E-state index in [1.54, 1.807) is 0 Å². The monoisotopic (exact) mass is 1000 g/mol. The first-order chi connectivity index (χ1) is 35.9. The molecule has 0 aliphatic heterocycles. The minimum atomic E-state index is -0.739. The number of carbonyl (C=O) groups excluding carboxylic acids is 2. The standard InChI is InChI=1S/C66H100N2O5/c1-6-10-13-16-19-22-25-28-31-34-46-71-59-49-57(50-60(72-47-35-32-29-26-23-20-17-14-11-7-2)64(59)73-48-36-33-30-27-24-21-18-15-12-8-3)65(69)68-63(52(5)9-4)66(70)67-51-56-43-42-55-41-40-53-38-37-39-54-44-45-58(56)62(55)61(53)54/h37-45,49-50,52,63H,6-36,46-48,51H2,1-5H3,(H,67,70)(H,68,69)/t52-,63-/m0/s1. The lowest BCUT2D eigenvalue weighted by Gasteiger charge is -2.24. The van der Waals surface area contributed by atoms with Crippen molar-refractivity contribution in [3.63, 3.8) is 0 Å². The molecule has 0 heterocycles. The van der Waals surface area contributed by atoms with Crippen molar-refractivity contribution in [1.29, 1.82) is 0 Å². The van der Waals surface area contributed by atoms with E-state index in [1.807, 2.05) is 19.1 Å². The highest BCUT2D eigenvalue weighted by molar-refractivity contribution is 6.23. The quantitative estimate of drug-likeness (QED) is 0.0300. The summed E-state index contributed by atoms with van der Waals surface area (Å²) in [4.78, 5) is 28.9. The Morgan fingerprint density at radius 1 is 0.466 bits per heavy atom. The van der Waals surface area contributed by atoms with E-state index in [1.165, 1.54) is 181 Å². The molecule has 0 bridgehead atoms. The van der Waals surface area contributed by atoms with Crippen molar-refractivity contribution in [1.82, 2.24) is 10.6 Å². The van der Waals surface area contributed by atoms with E-state index >= 15 is 0 Å². The van der Waals surface area contributed by atoms with Gasteiger partial charge in [0.1, 0.15) is 6.04 Å². The summed E-state index contributed by atoms with van der Waals surface area (Å²) in [5, 5.41) is 13.6. The molecule has 0 aromatic heterocycles. The third-order valence-electron chi connectivity index (χ3n) is 15.4. The lowest BCUT2D eigenvalue weighted by molar-refractivity contribution is -0.124. The van der Waals surface area contributed by atoms with Gasteiger partial charge in [-0.2, -0.15) is 0 Å². The lowest BCUT2D eigenvalue weighted by Crippen LogP contribution is -2.50. The molecule has 2 amide bonds. The van der Waals surface area contributed by atoms with Crippen molar-refractivity contribution < 1.29 is 23.8 Å². The molecule has 0 unspecified atom stereocenters. The number of benzene rings is 5. The fourth-order valence-electron chi connectivity index (χ4n) is 10.5. The summed E-state index contributed by atoms with van der Waals surface area (Å²) in [6, 6.07) is 22.3. The number of unbranched alkanes of at least 4 members (excludes halogenated alkanes) is 27. The van der Waals surface area contributed by atoms with E-state index in [9.17, 15) is 9.59 Å². The van der Waals surface area contributed by atoms with Crippen molar-refractivity contribution in [3.05, 3.63) is 77.9 Å². The Labute approximate surface area is 443 Å². The molecule has 7 heteroatoms. The second-order valence-corrected chi connectivity index (χ2v) is 21.5. The predicted molar refractivity (Wildman–Crippen MR) is 311 cm³/mol. The first kappa shape index (κ1) is 59.4. The minimum absolute atomic E-state index is 0.104. The molecule has 0 aliphatic carbocycles. The maximum absolute atomic E-state index is 14.6. The normalized spacial score (nSPS) is 12.5. The van der Waals surface area contributed by atoms with E-state index in [2.05, 4.69) is 92.9 Å². The summed E-state index contributed by atoms with van der Waals surface area (Å²) in [6.07, 6.45) is 38.2. The van der Waals surface area contributed by atoms with Crippen molar-refractivity contribution in [3.8, 4) is 17.2 Å². The van der Waals surface area contributed by atoms with Gasteiger partial charge in [-0.1, -0.05) is 269 Å². The molecule has 0 fully saturated rings. The Kier molecular flexibility index (Phi) is 29.0. The van der Waals surface area contributed by atoms with Gasteiger partial charge >= 0.3 is 0 Å². The zero-order valence-corrected chi connectivity index (χ0v) is 46.8. The number of hydrogen-bond donors (Lipinski definition) is 2. The SMILES string of the molecule is CCCCCCCCCCCCOc1cc(C(=O)N[C@H](C(=O)NCc2ccc3ccc4cccc5ccc2c3c45)[C@@H](C)CC)cc(OCCCCCCCCCCCC)c1OCCCCCCCCCCCC. The van der Waals surface area contributed by atoms with Gasteiger partial charge in [0.15, 0.2) is 11.5 Å². The molecule has 0 saturated carbocycles. The number of hydrogen-bond acceptors (Lipinski definition) is 5. The highest BCUT2D eigenvalue weighted by atomic mass is 16.5. The molecule has 404 valence electrons. The Hall–Kier alpha value is -4.52. The molecule has 2 atom stereocenters. The zero-order valence-electron chi connectivity index (χ0n) is 46.8. The second kappa shape index (κ2) is 35.6. The van der Waals surface area contributed by atoms with Gasteiger partial charge in [0.25, 0.3) is 5.91 Å². The van der Waals surface area contributed by atoms with E-state index in [0.29, 0.717) is 49.2 Å². The van der Waals surface area contributed by atoms with E-state index < -0.39 is 6.04 Å².